The molecule has 0 aromatic carbocycles. The highest BCUT2D eigenvalue weighted by molar-refractivity contribution is 5.90. The second-order valence-corrected chi connectivity index (χ2v) is 12.3. The average molecular weight is 489 g/mol. The number of aldehydes is 1. The number of fused-ring (bicyclic) bond motifs is 3. The van der Waals surface area contributed by atoms with Crippen LogP contribution >= 0.6 is 0 Å². The van der Waals surface area contributed by atoms with Crippen LogP contribution in [0.1, 0.15) is 59.8 Å². The molecule has 8 heteroatoms. The lowest BCUT2D eigenvalue weighted by Crippen LogP contribution is -2.63. The van der Waals surface area contributed by atoms with Crippen LogP contribution in [0.15, 0.2) is 11.6 Å². The molecule has 192 valence electrons. The zero-order valence-corrected chi connectivity index (χ0v) is 20.9. The predicted octanol–water partition coefficient (Wildman–Crippen LogP) is 3.97. The molecule has 1 N–H and O–H groups in total. The van der Waals surface area contributed by atoms with E-state index in [0.717, 1.165) is 31.1 Å². The molecule has 11 atom stereocenters. The van der Waals surface area contributed by atoms with Crippen molar-refractivity contribution in [1.82, 2.24) is 0 Å². The fraction of sp³-hybridized carbons (Fsp3) is 0.815. The van der Waals surface area contributed by atoms with Gasteiger partial charge in [0, 0.05) is 11.8 Å². The Morgan fingerprint density at radius 1 is 1.26 bits per heavy atom. The molecule has 5 fully saturated rings. The van der Waals surface area contributed by atoms with E-state index in [1.807, 2.05) is 20.8 Å². The van der Waals surface area contributed by atoms with Crippen molar-refractivity contribution in [2.45, 2.75) is 84.4 Å². The van der Waals surface area contributed by atoms with Crippen LogP contribution in [0, 0.1) is 45.8 Å². The molecule has 8 nitrogen and oxygen atoms in total. The van der Waals surface area contributed by atoms with Gasteiger partial charge in [-0.1, -0.05) is 38.8 Å². The van der Waals surface area contributed by atoms with Crippen molar-refractivity contribution < 1.29 is 38.4 Å². The Balaban J connectivity index is 1.38. The second kappa shape index (κ2) is 7.54. The molecule has 2 aliphatic heterocycles. The summed E-state index contributed by atoms with van der Waals surface area (Å²) in [7, 11) is 0. The number of carbonyl (C=O) groups excluding carboxylic acids is 2. The molecule has 0 radical (unpaired) electrons. The summed E-state index contributed by atoms with van der Waals surface area (Å²) in [4.78, 5) is 38.2. The third-order valence-electron chi connectivity index (χ3n) is 10.7. The number of ether oxygens (including phenoxy) is 4. The van der Waals surface area contributed by atoms with Gasteiger partial charge in [0.05, 0.1) is 18.1 Å². The minimum absolute atomic E-state index is 0.0206. The highest BCUT2D eigenvalue weighted by Crippen LogP contribution is 2.82. The van der Waals surface area contributed by atoms with E-state index in [1.54, 1.807) is 0 Å². The Labute approximate surface area is 205 Å². The average Bonchev–Trinajstić information content (AvgIpc) is 3.49. The highest BCUT2D eigenvalue weighted by atomic mass is 16.8. The fourth-order valence-electron chi connectivity index (χ4n) is 9.53. The van der Waals surface area contributed by atoms with Crippen molar-refractivity contribution in [2.24, 2.45) is 45.8 Å². The molecule has 6 rings (SSSR count). The first-order chi connectivity index (χ1) is 16.6. The summed E-state index contributed by atoms with van der Waals surface area (Å²) >= 11 is 0. The summed E-state index contributed by atoms with van der Waals surface area (Å²) < 4.78 is 23.0. The summed E-state index contributed by atoms with van der Waals surface area (Å²) in [5.41, 5.74) is -1.98. The van der Waals surface area contributed by atoms with E-state index in [-0.39, 0.29) is 30.5 Å². The molecule has 4 aliphatic carbocycles. The van der Waals surface area contributed by atoms with Crippen LogP contribution in [0.5, 0.6) is 0 Å². The maximum absolute atomic E-state index is 13.5. The summed E-state index contributed by atoms with van der Waals surface area (Å²) in [6.07, 6.45) is 4.18. The van der Waals surface area contributed by atoms with E-state index in [2.05, 4.69) is 13.0 Å². The zero-order valence-electron chi connectivity index (χ0n) is 20.9. The topological polar surface area (TPSA) is 108 Å². The van der Waals surface area contributed by atoms with Gasteiger partial charge in [-0.15, -0.1) is 0 Å². The standard InChI is InChI=1S/C27H36O8/c1-13(2)19-7-16-9-25(11-28)18-6-5-14(3)17(18)10-26(16,27(19,25)23(29)30)12-32-21-8-20-22(15(4)33-21)35-24(31)34-20/h7,11,13-18,20-22H,5-6,8-10,12H2,1-4H3,(H,29,30)/t14-,15-,16?,17-,18-,20+,21?,22-,25?,26?,27?/m1/s1. The van der Waals surface area contributed by atoms with Gasteiger partial charge in [-0.3, -0.25) is 4.79 Å². The Hall–Kier alpha value is -1.93. The van der Waals surface area contributed by atoms with Gasteiger partial charge in [-0.05, 0) is 55.8 Å². The van der Waals surface area contributed by atoms with Gasteiger partial charge in [0.25, 0.3) is 0 Å². The normalized spacial score (nSPS) is 51.5. The Bertz CT molecular complexity index is 990. The molecule has 4 bridgehead atoms. The molecule has 2 heterocycles. The summed E-state index contributed by atoms with van der Waals surface area (Å²) in [5, 5.41) is 11.0. The van der Waals surface area contributed by atoms with Crippen LogP contribution in [-0.4, -0.2) is 54.7 Å². The lowest BCUT2D eigenvalue weighted by atomic mass is 9.43. The molecule has 2 saturated heterocycles. The number of carbonyl (C=O) groups is 3. The van der Waals surface area contributed by atoms with Crippen molar-refractivity contribution >= 4 is 18.4 Å². The van der Waals surface area contributed by atoms with Crippen molar-refractivity contribution in [1.29, 1.82) is 0 Å². The maximum Gasteiger partial charge on any atom is 0.509 e. The molecule has 5 unspecified atom stereocenters. The van der Waals surface area contributed by atoms with E-state index < -0.39 is 46.9 Å². The number of rotatable bonds is 6. The zero-order chi connectivity index (χ0) is 24.9. The minimum Gasteiger partial charge on any atom is -0.481 e. The summed E-state index contributed by atoms with van der Waals surface area (Å²) in [6, 6.07) is 0. The number of aliphatic carboxylic acids is 1. The van der Waals surface area contributed by atoms with Crippen molar-refractivity contribution in [3.05, 3.63) is 11.6 Å². The molecule has 3 saturated carbocycles. The van der Waals surface area contributed by atoms with Crippen LogP contribution in [0.2, 0.25) is 0 Å². The number of allylic oxidation sites excluding steroid dienone is 1. The maximum atomic E-state index is 13.5. The molecule has 0 spiro atoms. The highest BCUT2D eigenvalue weighted by Gasteiger charge is 2.84. The molecule has 35 heavy (non-hydrogen) atoms. The smallest absolute Gasteiger partial charge is 0.481 e. The largest absolute Gasteiger partial charge is 0.509 e. The van der Waals surface area contributed by atoms with Gasteiger partial charge in [-0.25, -0.2) is 4.79 Å². The minimum atomic E-state index is -1.27. The number of hydrogen-bond donors (Lipinski definition) is 1. The number of carboxylic acid groups (broad SMARTS) is 1. The van der Waals surface area contributed by atoms with E-state index in [4.69, 9.17) is 18.9 Å². The van der Waals surface area contributed by atoms with Gasteiger partial charge in [0.15, 0.2) is 12.4 Å². The van der Waals surface area contributed by atoms with Crippen LogP contribution in [0.4, 0.5) is 4.79 Å². The molecule has 0 aromatic heterocycles. The van der Waals surface area contributed by atoms with Crippen molar-refractivity contribution in [3.8, 4) is 0 Å². The predicted molar refractivity (Wildman–Crippen MR) is 122 cm³/mol. The van der Waals surface area contributed by atoms with Gasteiger partial charge >= 0.3 is 12.1 Å². The molecular formula is C27H36O8. The summed E-state index contributed by atoms with van der Waals surface area (Å²) in [5.74, 6) is -0.0455. The second-order valence-electron chi connectivity index (χ2n) is 12.3. The van der Waals surface area contributed by atoms with E-state index >= 15 is 0 Å². The molecule has 0 amide bonds. The lowest BCUT2D eigenvalue weighted by Gasteiger charge is -2.58. The Morgan fingerprint density at radius 3 is 2.71 bits per heavy atom. The third-order valence-corrected chi connectivity index (χ3v) is 10.7. The molecular weight excluding hydrogens is 452 g/mol. The van der Waals surface area contributed by atoms with Gasteiger partial charge in [0.1, 0.15) is 17.8 Å². The first kappa shape index (κ1) is 23.5. The van der Waals surface area contributed by atoms with E-state index in [1.165, 1.54) is 0 Å². The van der Waals surface area contributed by atoms with Gasteiger partial charge in [-0.2, -0.15) is 0 Å². The summed E-state index contributed by atoms with van der Waals surface area (Å²) in [6.45, 7) is 8.35. The third kappa shape index (κ3) is 2.68. The SMILES string of the molecule is CC(C)C1=CC2CC3(C=O)[C@@H]4CC[C@@H](C)[C@H]4CC2(COC2C[C@@H]4OC(=O)O[C@@H]4[C@@H](C)O2)C13C(=O)O. The van der Waals surface area contributed by atoms with Crippen molar-refractivity contribution in [3.63, 3.8) is 0 Å². The van der Waals surface area contributed by atoms with E-state index in [0.29, 0.717) is 24.7 Å². The quantitative estimate of drug-likeness (QED) is 0.340. The molecule has 0 aromatic rings. The molecule has 6 aliphatic rings. The number of carboxylic acids is 1. The Morgan fingerprint density at radius 2 is 2.03 bits per heavy atom. The van der Waals surface area contributed by atoms with Crippen molar-refractivity contribution in [2.75, 3.05) is 6.61 Å². The van der Waals surface area contributed by atoms with Gasteiger partial charge in [0.2, 0.25) is 0 Å². The van der Waals surface area contributed by atoms with Crippen LogP contribution in [0.25, 0.3) is 0 Å². The monoisotopic (exact) mass is 488 g/mol. The Kier molecular flexibility index (Phi) is 5.06. The van der Waals surface area contributed by atoms with Crippen LogP contribution in [0.3, 0.4) is 0 Å². The lowest BCUT2D eigenvalue weighted by molar-refractivity contribution is -0.248. The van der Waals surface area contributed by atoms with Gasteiger partial charge < -0.3 is 28.8 Å². The fourth-order valence-corrected chi connectivity index (χ4v) is 9.53. The first-order valence-corrected chi connectivity index (χ1v) is 13.2. The van der Waals surface area contributed by atoms with Crippen LogP contribution < -0.4 is 0 Å². The first-order valence-electron chi connectivity index (χ1n) is 13.2. The number of hydrogen-bond acceptors (Lipinski definition) is 7. The van der Waals surface area contributed by atoms with E-state index in [9.17, 15) is 19.5 Å². The van der Waals surface area contributed by atoms with Crippen LogP contribution in [-0.2, 0) is 28.5 Å².